The Bertz CT molecular complexity index is 380. The maximum Gasteiger partial charge on any atom is 0.165 e. The molecule has 0 heterocycles. The Morgan fingerprint density at radius 2 is 2.29 bits per heavy atom. The zero-order valence-corrected chi connectivity index (χ0v) is 9.95. The number of rotatable bonds is 6. The second-order valence-corrected chi connectivity index (χ2v) is 4.49. The summed E-state index contributed by atoms with van der Waals surface area (Å²) in [5, 5.41) is 12.3. The Morgan fingerprint density at radius 1 is 1.53 bits per heavy atom. The molecule has 1 aromatic rings. The molecular formula is C13H18FNO2. The summed E-state index contributed by atoms with van der Waals surface area (Å²) in [5.41, 5.74) is 0.803. The van der Waals surface area contributed by atoms with Crippen LogP contribution < -0.4 is 10.1 Å². The fourth-order valence-electron chi connectivity index (χ4n) is 1.60. The van der Waals surface area contributed by atoms with Crippen LogP contribution in [0, 0.1) is 5.82 Å². The standard InChI is InChI=1S/C13H18FNO2/c1-9(8-16)17-13-10(3-2-4-12(13)14)7-15-11-5-6-11/h2-4,9,11,15-16H,5-8H2,1H3. The van der Waals surface area contributed by atoms with E-state index in [2.05, 4.69) is 5.32 Å². The number of ether oxygens (including phenoxy) is 1. The third-order valence-electron chi connectivity index (χ3n) is 2.78. The van der Waals surface area contributed by atoms with E-state index in [0.29, 0.717) is 12.6 Å². The summed E-state index contributed by atoms with van der Waals surface area (Å²) in [4.78, 5) is 0. The van der Waals surface area contributed by atoms with Gasteiger partial charge in [-0.3, -0.25) is 0 Å². The summed E-state index contributed by atoms with van der Waals surface area (Å²) in [5.74, 6) is -0.123. The van der Waals surface area contributed by atoms with Crippen molar-refractivity contribution in [3.05, 3.63) is 29.6 Å². The minimum absolute atomic E-state index is 0.121. The van der Waals surface area contributed by atoms with E-state index in [-0.39, 0.29) is 18.2 Å². The summed E-state index contributed by atoms with van der Waals surface area (Å²) in [6.07, 6.45) is 1.99. The predicted molar refractivity (Wildman–Crippen MR) is 63.4 cm³/mol. The highest BCUT2D eigenvalue weighted by Crippen LogP contribution is 2.25. The fraction of sp³-hybridized carbons (Fsp3) is 0.538. The number of aliphatic hydroxyl groups is 1. The van der Waals surface area contributed by atoms with Crippen molar-refractivity contribution in [2.75, 3.05) is 6.61 Å². The van der Waals surface area contributed by atoms with Crippen LogP contribution in [0.3, 0.4) is 0 Å². The maximum absolute atomic E-state index is 13.7. The molecule has 0 spiro atoms. The van der Waals surface area contributed by atoms with E-state index in [1.165, 1.54) is 18.9 Å². The molecule has 1 saturated carbocycles. The third-order valence-corrected chi connectivity index (χ3v) is 2.78. The lowest BCUT2D eigenvalue weighted by atomic mass is 10.2. The number of nitrogens with one attached hydrogen (secondary N) is 1. The van der Waals surface area contributed by atoms with Crippen molar-refractivity contribution in [3.63, 3.8) is 0 Å². The molecule has 3 nitrogen and oxygen atoms in total. The van der Waals surface area contributed by atoms with Crippen molar-refractivity contribution in [3.8, 4) is 5.75 Å². The lowest BCUT2D eigenvalue weighted by Gasteiger charge is -2.16. The Kier molecular flexibility index (Phi) is 3.97. The molecule has 1 atom stereocenters. The average Bonchev–Trinajstić information content (AvgIpc) is 3.13. The van der Waals surface area contributed by atoms with E-state index in [0.717, 1.165) is 5.56 Å². The van der Waals surface area contributed by atoms with Crippen molar-refractivity contribution in [1.29, 1.82) is 0 Å². The molecular weight excluding hydrogens is 221 g/mol. The summed E-state index contributed by atoms with van der Waals surface area (Å²) in [6, 6.07) is 5.47. The molecule has 0 bridgehead atoms. The second-order valence-electron chi connectivity index (χ2n) is 4.49. The number of benzene rings is 1. The number of hydrogen-bond acceptors (Lipinski definition) is 3. The Balaban J connectivity index is 2.08. The number of hydrogen-bond donors (Lipinski definition) is 2. The van der Waals surface area contributed by atoms with Crippen molar-refractivity contribution < 1.29 is 14.2 Å². The smallest absolute Gasteiger partial charge is 0.165 e. The first-order valence-electron chi connectivity index (χ1n) is 5.99. The first-order chi connectivity index (χ1) is 8.20. The highest BCUT2D eigenvalue weighted by Gasteiger charge is 2.21. The SMILES string of the molecule is CC(CO)Oc1c(F)cccc1CNC1CC1. The Morgan fingerprint density at radius 3 is 2.94 bits per heavy atom. The molecule has 1 aromatic carbocycles. The van der Waals surface area contributed by atoms with Crippen LogP contribution in [0.15, 0.2) is 18.2 Å². The molecule has 2 rings (SSSR count). The van der Waals surface area contributed by atoms with Crippen molar-refractivity contribution in [1.82, 2.24) is 5.32 Å². The quantitative estimate of drug-likeness (QED) is 0.796. The van der Waals surface area contributed by atoms with Crippen LogP contribution in [0.4, 0.5) is 4.39 Å². The van der Waals surface area contributed by atoms with Gasteiger partial charge < -0.3 is 15.2 Å². The van der Waals surface area contributed by atoms with Gasteiger partial charge in [0.1, 0.15) is 6.10 Å². The summed E-state index contributed by atoms with van der Waals surface area (Å²) >= 11 is 0. The zero-order valence-electron chi connectivity index (χ0n) is 9.95. The van der Waals surface area contributed by atoms with Crippen LogP contribution in [0.5, 0.6) is 5.75 Å². The zero-order chi connectivity index (χ0) is 12.3. The Labute approximate surface area is 101 Å². The number of aliphatic hydroxyl groups excluding tert-OH is 1. The first kappa shape index (κ1) is 12.3. The lowest BCUT2D eigenvalue weighted by Crippen LogP contribution is -2.20. The van der Waals surface area contributed by atoms with E-state index >= 15 is 0 Å². The van der Waals surface area contributed by atoms with Crippen molar-refractivity contribution in [2.24, 2.45) is 0 Å². The molecule has 1 aliphatic rings. The minimum atomic E-state index is -0.397. The van der Waals surface area contributed by atoms with Gasteiger partial charge >= 0.3 is 0 Å². The van der Waals surface area contributed by atoms with Gasteiger partial charge in [-0.2, -0.15) is 0 Å². The maximum atomic E-state index is 13.7. The van der Waals surface area contributed by atoms with E-state index in [1.807, 2.05) is 6.07 Å². The van der Waals surface area contributed by atoms with Gasteiger partial charge in [-0.1, -0.05) is 12.1 Å². The summed E-state index contributed by atoms with van der Waals surface area (Å²) < 4.78 is 19.1. The normalized spacial score (nSPS) is 16.9. The van der Waals surface area contributed by atoms with Crippen molar-refractivity contribution >= 4 is 0 Å². The predicted octanol–water partition coefficient (Wildman–Crippen LogP) is 1.84. The van der Waals surface area contributed by atoms with Gasteiger partial charge in [0.15, 0.2) is 11.6 Å². The molecule has 1 fully saturated rings. The van der Waals surface area contributed by atoms with Crippen molar-refractivity contribution in [2.45, 2.75) is 38.5 Å². The van der Waals surface area contributed by atoms with Gasteiger partial charge in [0.2, 0.25) is 0 Å². The van der Waals surface area contributed by atoms with Gasteiger partial charge in [-0.25, -0.2) is 4.39 Å². The molecule has 0 aliphatic heterocycles. The van der Waals surface area contributed by atoms with Crippen LogP contribution >= 0.6 is 0 Å². The molecule has 0 saturated heterocycles. The molecule has 0 aromatic heterocycles. The topological polar surface area (TPSA) is 41.5 Å². The minimum Gasteiger partial charge on any atom is -0.485 e. The monoisotopic (exact) mass is 239 g/mol. The van der Waals surface area contributed by atoms with E-state index < -0.39 is 6.10 Å². The molecule has 0 radical (unpaired) electrons. The lowest BCUT2D eigenvalue weighted by molar-refractivity contribution is 0.124. The number of halogens is 1. The molecule has 1 unspecified atom stereocenters. The largest absolute Gasteiger partial charge is 0.485 e. The average molecular weight is 239 g/mol. The van der Waals surface area contributed by atoms with Gasteiger partial charge in [-0.15, -0.1) is 0 Å². The highest BCUT2D eigenvalue weighted by atomic mass is 19.1. The van der Waals surface area contributed by atoms with E-state index in [9.17, 15) is 4.39 Å². The van der Waals surface area contributed by atoms with Gasteiger partial charge in [0.25, 0.3) is 0 Å². The Hall–Kier alpha value is -1.13. The molecule has 2 N–H and O–H groups in total. The van der Waals surface area contributed by atoms with Crippen LogP contribution in [-0.4, -0.2) is 23.9 Å². The molecule has 17 heavy (non-hydrogen) atoms. The third kappa shape index (κ3) is 3.41. The van der Waals surface area contributed by atoms with Gasteiger partial charge in [0.05, 0.1) is 6.61 Å². The van der Waals surface area contributed by atoms with Crippen LogP contribution in [0.25, 0.3) is 0 Å². The molecule has 4 heteroatoms. The van der Waals surface area contributed by atoms with Gasteiger partial charge in [-0.05, 0) is 25.8 Å². The van der Waals surface area contributed by atoms with Crippen LogP contribution in [0.1, 0.15) is 25.3 Å². The van der Waals surface area contributed by atoms with Crippen LogP contribution in [0.2, 0.25) is 0 Å². The molecule has 1 aliphatic carbocycles. The molecule has 0 amide bonds. The van der Waals surface area contributed by atoms with E-state index in [4.69, 9.17) is 9.84 Å². The summed E-state index contributed by atoms with van der Waals surface area (Å²) in [6.45, 7) is 2.20. The summed E-state index contributed by atoms with van der Waals surface area (Å²) in [7, 11) is 0. The first-order valence-corrected chi connectivity index (χ1v) is 5.99. The fourth-order valence-corrected chi connectivity index (χ4v) is 1.60. The highest BCUT2D eigenvalue weighted by molar-refractivity contribution is 5.35. The second kappa shape index (κ2) is 5.47. The van der Waals surface area contributed by atoms with Crippen LogP contribution in [-0.2, 0) is 6.54 Å². The number of para-hydroxylation sites is 1. The molecule has 94 valence electrons. The van der Waals surface area contributed by atoms with E-state index in [1.54, 1.807) is 13.0 Å². The van der Waals surface area contributed by atoms with Gasteiger partial charge in [0, 0.05) is 18.2 Å².